The van der Waals surface area contributed by atoms with Crippen LogP contribution in [0.4, 0.5) is 0 Å². The quantitative estimate of drug-likeness (QED) is 0.400. The Morgan fingerprint density at radius 3 is 1.75 bits per heavy atom. The van der Waals surface area contributed by atoms with Gasteiger partial charge in [0.25, 0.3) is 0 Å². The Bertz CT molecular complexity index is 13.5. The molecule has 0 N–H and O–H groups in total. The molecule has 0 rings (SSSR count). The molecule has 0 aliphatic rings. The summed E-state index contributed by atoms with van der Waals surface area (Å²) in [5.41, 5.74) is 0. The van der Waals surface area contributed by atoms with Crippen molar-refractivity contribution in [1.82, 2.24) is 0 Å². The van der Waals surface area contributed by atoms with Crippen LogP contribution in [0.25, 0.3) is 0 Å². The van der Waals surface area contributed by atoms with E-state index < -0.39 is 0 Å². The van der Waals surface area contributed by atoms with Crippen molar-refractivity contribution in [3.8, 4) is 0 Å². The van der Waals surface area contributed by atoms with Gasteiger partial charge in [0.1, 0.15) is 6.29 Å². The van der Waals surface area contributed by atoms with E-state index in [1.165, 1.54) is 6.92 Å². The van der Waals surface area contributed by atoms with Crippen molar-refractivity contribution >= 4 is 6.29 Å². The third kappa shape index (κ3) is 96.7. The Balaban J connectivity index is 0. The Kier molecular flexibility index (Phi) is 24.2. The molecular weight excluding hydrogens is 99.0 g/mol. The Morgan fingerprint density at radius 2 is 1.75 bits per heavy atom. The van der Waals surface area contributed by atoms with E-state index in [-0.39, 0.29) is 16.8 Å². The predicted molar refractivity (Wildman–Crippen MR) is 11.7 cm³/mol. The van der Waals surface area contributed by atoms with Crippen LogP contribution in [-0.4, -0.2) is 6.29 Å². The first kappa shape index (κ1) is 8.90. The van der Waals surface area contributed by atoms with Gasteiger partial charge in [0.15, 0.2) is 0 Å². The number of carbonyl (C=O) groups excluding carboxylic acids is 1. The van der Waals surface area contributed by atoms with Gasteiger partial charge >= 0.3 is 0 Å². The molecule has 2 heteroatoms. The molecule has 1 radical (unpaired) electrons. The molecule has 0 fully saturated rings. The van der Waals surface area contributed by atoms with Crippen LogP contribution in [0.5, 0.6) is 0 Å². The van der Waals surface area contributed by atoms with Gasteiger partial charge in [-0.15, -0.1) is 0 Å². The Labute approximate surface area is 35.6 Å². The maximum absolute atomic E-state index is 8.81. The van der Waals surface area contributed by atoms with Crippen molar-refractivity contribution in [1.29, 1.82) is 0 Å². The van der Waals surface area contributed by atoms with Gasteiger partial charge in [-0.05, 0) is 6.92 Å². The van der Waals surface area contributed by atoms with E-state index in [0.717, 1.165) is 6.29 Å². The van der Waals surface area contributed by atoms with Crippen LogP contribution in [0, 0.1) is 0 Å². The van der Waals surface area contributed by atoms with E-state index in [1.54, 1.807) is 0 Å². The average Bonchev–Trinajstić information content (AvgIpc) is 0.918. The van der Waals surface area contributed by atoms with Crippen molar-refractivity contribution in [2.45, 2.75) is 6.92 Å². The third-order valence-corrected chi connectivity index (χ3v) is 0. The molecule has 4 heavy (non-hydrogen) atoms. The van der Waals surface area contributed by atoms with Crippen LogP contribution in [0.2, 0.25) is 0 Å². The molecule has 27 valence electrons. The van der Waals surface area contributed by atoms with Gasteiger partial charge in [-0.25, -0.2) is 0 Å². The summed E-state index contributed by atoms with van der Waals surface area (Å²) in [6.45, 7) is 1.44. The van der Waals surface area contributed by atoms with E-state index in [9.17, 15) is 0 Å². The van der Waals surface area contributed by atoms with Gasteiger partial charge < -0.3 is 4.79 Å². The number of hydrogen-bond donors (Lipinski definition) is 0. The summed E-state index contributed by atoms with van der Waals surface area (Å²) in [4.78, 5) is 8.81. The molecule has 0 aliphatic heterocycles. The minimum Gasteiger partial charge on any atom is -0.304 e. The second-order valence-electron chi connectivity index (χ2n) is 0.236. The summed E-state index contributed by atoms with van der Waals surface area (Å²) in [5, 5.41) is 0. The maximum Gasteiger partial charge on any atom is 0.116 e. The summed E-state index contributed by atoms with van der Waals surface area (Å²) >= 11 is 0. The van der Waals surface area contributed by atoms with Crippen molar-refractivity contribution in [2.75, 3.05) is 0 Å². The molecule has 0 atom stereocenters. The first-order chi connectivity index (χ1) is 1.41. The topological polar surface area (TPSA) is 17.1 Å². The monoisotopic (exact) mass is 103 g/mol. The van der Waals surface area contributed by atoms with Crippen LogP contribution in [0.1, 0.15) is 6.92 Å². The van der Waals surface area contributed by atoms with E-state index in [4.69, 9.17) is 4.79 Å². The van der Waals surface area contributed by atoms with Gasteiger partial charge in [0.05, 0.1) is 0 Å². The van der Waals surface area contributed by atoms with Crippen LogP contribution in [0.15, 0.2) is 0 Å². The van der Waals surface area contributed by atoms with Gasteiger partial charge in [0.2, 0.25) is 0 Å². The summed E-state index contributed by atoms with van der Waals surface area (Å²) in [7, 11) is 0. The fraction of sp³-hybridized carbons (Fsp3) is 0.500. The van der Waals surface area contributed by atoms with Gasteiger partial charge in [-0.2, -0.15) is 0 Å². The Hall–Kier alpha value is 0.176. The van der Waals surface area contributed by atoms with E-state index in [2.05, 4.69) is 0 Å². The number of hydrogen-bond acceptors (Lipinski definition) is 1. The van der Waals surface area contributed by atoms with Crippen molar-refractivity contribution in [2.24, 2.45) is 0 Å². The zero-order valence-corrected chi connectivity index (χ0v) is 3.36. The van der Waals surface area contributed by atoms with Crippen molar-refractivity contribution in [3.63, 3.8) is 0 Å². The number of rotatable bonds is 0. The average molecular weight is 103 g/mol. The molecule has 0 amide bonds. The summed E-state index contributed by atoms with van der Waals surface area (Å²) < 4.78 is 0. The SMILES string of the molecule is CC=O.[Co]. The maximum atomic E-state index is 8.81. The first-order valence-electron chi connectivity index (χ1n) is 0.813. The van der Waals surface area contributed by atoms with Gasteiger partial charge in [-0.3, -0.25) is 0 Å². The van der Waals surface area contributed by atoms with Gasteiger partial charge in [-0.1, -0.05) is 0 Å². The fourth-order valence-corrected chi connectivity index (χ4v) is 0. The summed E-state index contributed by atoms with van der Waals surface area (Å²) in [6, 6.07) is 0. The van der Waals surface area contributed by atoms with Crippen LogP contribution >= 0.6 is 0 Å². The van der Waals surface area contributed by atoms with E-state index in [1.807, 2.05) is 0 Å². The molecule has 0 bridgehead atoms. The molecule has 0 heterocycles. The molecule has 0 saturated carbocycles. The molecule has 0 saturated heterocycles. The standard InChI is InChI=1S/C2H4O.Co/c1-2-3;/h2H,1H3;. The fourth-order valence-electron chi connectivity index (χ4n) is 0. The third-order valence-electron chi connectivity index (χ3n) is 0. The first-order valence-corrected chi connectivity index (χ1v) is 0.813. The minimum atomic E-state index is 0. The molecule has 0 aromatic carbocycles. The molecule has 1 nitrogen and oxygen atoms in total. The van der Waals surface area contributed by atoms with Crippen LogP contribution in [0.3, 0.4) is 0 Å². The zero-order valence-electron chi connectivity index (χ0n) is 2.32. The summed E-state index contributed by atoms with van der Waals surface area (Å²) in [6.07, 6.45) is 0.750. The molecule has 0 aromatic rings. The van der Waals surface area contributed by atoms with Crippen molar-refractivity contribution in [3.05, 3.63) is 0 Å². The molecule has 0 spiro atoms. The minimum absolute atomic E-state index is 0. The molecule has 0 aliphatic carbocycles. The zero-order chi connectivity index (χ0) is 2.71. The second kappa shape index (κ2) is 10.9. The Morgan fingerprint density at radius 1 is 1.75 bits per heavy atom. The second-order valence-corrected chi connectivity index (χ2v) is 0.236. The number of aldehydes is 1. The molecular formula is C2H4CoO. The number of carbonyl (C=O) groups is 1. The molecule has 0 unspecified atom stereocenters. The summed E-state index contributed by atoms with van der Waals surface area (Å²) in [5.74, 6) is 0. The van der Waals surface area contributed by atoms with Crippen LogP contribution in [-0.2, 0) is 21.6 Å². The van der Waals surface area contributed by atoms with E-state index in [0.29, 0.717) is 0 Å². The smallest absolute Gasteiger partial charge is 0.116 e. The van der Waals surface area contributed by atoms with Crippen LogP contribution < -0.4 is 0 Å². The predicted octanol–water partition coefficient (Wildman–Crippen LogP) is 0.203. The van der Waals surface area contributed by atoms with Crippen molar-refractivity contribution < 1.29 is 21.6 Å². The largest absolute Gasteiger partial charge is 0.304 e. The normalized spacial score (nSPS) is 3.25. The van der Waals surface area contributed by atoms with E-state index >= 15 is 0 Å². The molecule has 0 aromatic heterocycles. The van der Waals surface area contributed by atoms with Gasteiger partial charge in [0, 0.05) is 16.8 Å².